The molecule has 2 rings (SSSR count). The first kappa shape index (κ1) is 16.3. The smallest absolute Gasteiger partial charge is 0.0462 e. The number of piperidine rings is 1. The molecule has 20 heavy (non-hydrogen) atoms. The highest BCUT2D eigenvalue weighted by molar-refractivity contribution is 4.82. The van der Waals surface area contributed by atoms with Crippen molar-refractivity contribution in [3.8, 4) is 0 Å². The fourth-order valence-corrected chi connectivity index (χ4v) is 4.07. The van der Waals surface area contributed by atoms with Crippen molar-refractivity contribution in [1.82, 2.24) is 10.2 Å². The monoisotopic (exact) mass is 282 g/mol. The molecule has 2 aliphatic rings. The van der Waals surface area contributed by atoms with Gasteiger partial charge in [-0.25, -0.2) is 0 Å². The molecule has 118 valence electrons. The number of rotatable bonds is 6. The Hall–Kier alpha value is -0.120. The van der Waals surface area contributed by atoms with Gasteiger partial charge in [0.05, 0.1) is 0 Å². The molecule has 2 N–H and O–H groups in total. The molecule has 0 spiro atoms. The van der Waals surface area contributed by atoms with Crippen LogP contribution in [0.1, 0.15) is 52.4 Å². The summed E-state index contributed by atoms with van der Waals surface area (Å²) in [6.07, 6.45) is 7.89. The third-order valence-electron chi connectivity index (χ3n) is 5.79. The molecule has 3 heteroatoms. The standard InChI is InChI=1S/C17H34N2O/c1-3-19-10-8-15(9-11-19)14(2)18-12-16-6-4-5-7-17(16)13-20/h14-18,20H,3-13H2,1-2H3. The second kappa shape index (κ2) is 8.35. The molecular weight excluding hydrogens is 248 g/mol. The molecule has 0 aromatic heterocycles. The third kappa shape index (κ3) is 4.44. The van der Waals surface area contributed by atoms with E-state index in [-0.39, 0.29) is 0 Å². The number of nitrogens with zero attached hydrogens (tertiary/aromatic N) is 1. The quantitative estimate of drug-likeness (QED) is 0.786. The van der Waals surface area contributed by atoms with Crippen molar-refractivity contribution in [1.29, 1.82) is 0 Å². The van der Waals surface area contributed by atoms with Gasteiger partial charge in [0.1, 0.15) is 0 Å². The van der Waals surface area contributed by atoms with Crippen LogP contribution < -0.4 is 5.32 Å². The van der Waals surface area contributed by atoms with Crippen LogP contribution >= 0.6 is 0 Å². The van der Waals surface area contributed by atoms with Gasteiger partial charge in [-0.1, -0.05) is 19.8 Å². The zero-order valence-corrected chi connectivity index (χ0v) is 13.5. The third-order valence-corrected chi connectivity index (χ3v) is 5.79. The maximum atomic E-state index is 9.50. The Bertz CT molecular complexity index is 264. The van der Waals surface area contributed by atoms with E-state index < -0.39 is 0 Å². The topological polar surface area (TPSA) is 35.5 Å². The number of aliphatic hydroxyl groups is 1. The summed E-state index contributed by atoms with van der Waals surface area (Å²) in [5, 5.41) is 13.3. The van der Waals surface area contributed by atoms with Crippen LogP contribution in [-0.2, 0) is 0 Å². The molecule has 2 fully saturated rings. The van der Waals surface area contributed by atoms with Gasteiger partial charge in [0, 0.05) is 12.6 Å². The Balaban J connectivity index is 1.70. The average molecular weight is 282 g/mol. The molecular formula is C17H34N2O. The van der Waals surface area contributed by atoms with Crippen LogP contribution in [0.3, 0.4) is 0 Å². The maximum Gasteiger partial charge on any atom is 0.0462 e. The van der Waals surface area contributed by atoms with Gasteiger partial charge >= 0.3 is 0 Å². The molecule has 1 saturated heterocycles. The molecule has 0 aromatic rings. The normalized spacial score (nSPS) is 31.4. The van der Waals surface area contributed by atoms with Crippen molar-refractivity contribution in [2.75, 3.05) is 32.8 Å². The van der Waals surface area contributed by atoms with Crippen LogP contribution in [0.5, 0.6) is 0 Å². The molecule has 3 atom stereocenters. The fourth-order valence-electron chi connectivity index (χ4n) is 4.07. The summed E-state index contributed by atoms with van der Waals surface area (Å²) in [4.78, 5) is 2.56. The number of likely N-dealkylation sites (tertiary alicyclic amines) is 1. The Morgan fingerprint density at radius 2 is 1.75 bits per heavy atom. The molecule has 0 amide bonds. The summed E-state index contributed by atoms with van der Waals surface area (Å²) in [5.41, 5.74) is 0. The van der Waals surface area contributed by atoms with Gasteiger partial charge in [0.15, 0.2) is 0 Å². The van der Waals surface area contributed by atoms with E-state index in [1.165, 1.54) is 58.2 Å². The van der Waals surface area contributed by atoms with Gasteiger partial charge in [-0.05, 0) is 76.5 Å². The SMILES string of the molecule is CCN1CCC(C(C)NCC2CCCCC2CO)CC1. The lowest BCUT2D eigenvalue weighted by Crippen LogP contribution is -2.44. The highest BCUT2D eigenvalue weighted by Crippen LogP contribution is 2.29. The maximum absolute atomic E-state index is 9.50. The minimum absolute atomic E-state index is 0.385. The first-order valence-electron chi connectivity index (χ1n) is 8.81. The van der Waals surface area contributed by atoms with E-state index >= 15 is 0 Å². The second-order valence-corrected chi connectivity index (χ2v) is 6.96. The summed E-state index contributed by atoms with van der Waals surface area (Å²) in [6.45, 7) is 9.87. The molecule has 0 bridgehead atoms. The molecule has 3 unspecified atom stereocenters. The van der Waals surface area contributed by atoms with Crippen molar-refractivity contribution < 1.29 is 5.11 Å². The van der Waals surface area contributed by atoms with Crippen LogP contribution in [0, 0.1) is 17.8 Å². The van der Waals surface area contributed by atoms with E-state index in [2.05, 4.69) is 24.1 Å². The molecule has 1 aliphatic heterocycles. The summed E-state index contributed by atoms with van der Waals surface area (Å²) < 4.78 is 0. The van der Waals surface area contributed by atoms with Crippen LogP contribution in [0.4, 0.5) is 0 Å². The second-order valence-electron chi connectivity index (χ2n) is 6.96. The fraction of sp³-hybridized carbons (Fsp3) is 1.00. The highest BCUT2D eigenvalue weighted by Gasteiger charge is 2.27. The van der Waals surface area contributed by atoms with E-state index in [1.54, 1.807) is 0 Å². The number of hydrogen-bond acceptors (Lipinski definition) is 3. The molecule has 1 aliphatic carbocycles. The van der Waals surface area contributed by atoms with Crippen molar-refractivity contribution in [2.24, 2.45) is 17.8 Å². The summed E-state index contributed by atoms with van der Waals surface area (Å²) in [5.74, 6) is 2.09. The zero-order chi connectivity index (χ0) is 14.4. The van der Waals surface area contributed by atoms with E-state index in [9.17, 15) is 5.11 Å². The van der Waals surface area contributed by atoms with Crippen LogP contribution in [-0.4, -0.2) is 48.8 Å². The molecule has 0 radical (unpaired) electrons. The van der Waals surface area contributed by atoms with E-state index in [0.717, 1.165) is 12.5 Å². The average Bonchev–Trinajstić information content (AvgIpc) is 2.53. The van der Waals surface area contributed by atoms with Crippen LogP contribution in [0.2, 0.25) is 0 Å². The van der Waals surface area contributed by atoms with Gasteiger partial charge in [0.25, 0.3) is 0 Å². The minimum atomic E-state index is 0.385. The number of nitrogens with one attached hydrogen (secondary N) is 1. The lowest BCUT2D eigenvalue weighted by molar-refractivity contribution is 0.123. The van der Waals surface area contributed by atoms with Gasteiger partial charge in [0.2, 0.25) is 0 Å². The van der Waals surface area contributed by atoms with Gasteiger partial charge in [-0.3, -0.25) is 0 Å². The Labute approximate surface area is 125 Å². The Morgan fingerprint density at radius 1 is 1.10 bits per heavy atom. The van der Waals surface area contributed by atoms with Crippen molar-refractivity contribution in [2.45, 2.75) is 58.4 Å². The number of aliphatic hydroxyl groups excluding tert-OH is 1. The Morgan fingerprint density at radius 3 is 2.35 bits per heavy atom. The van der Waals surface area contributed by atoms with Crippen molar-refractivity contribution in [3.63, 3.8) is 0 Å². The minimum Gasteiger partial charge on any atom is -0.396 e. The van der Waals surface area contributed by atoms with Gasteiger partial charge in [-0.2, -0.15) is 0 Å². The molecule has 3 nitrogen and oxygen atoms in total. The zero-order valence-electron chi connectivity index (χ0n) is 13.5. The van der Waals surface area contributed by atoms with E-state index in [0.29, 0.717) is 24.5 Å². The van der Waals surface area contributed by atoms with Gasteiger partial charge in [-0.15, -0.1) is 0 Å². The molecule has 0 aromatic carbocycles. The van der Waals surface area contributed by atoms with Crippen molar-refractivity contribution >= 4 is 0 Å². The summed E-state index contributed by atoms with van der Waals surface area (Å²) in [7, 11) is 0. The summed E-state index contributed by atoms with van der Waals surface area (Å²) in [6, 6.07) is 0.635. The van der Waals surface area contributed by atoms with Crippen LogP contribution in [0.25, 0.3) is 0 Å². The lowest BCUT2D eigenvalue weighted by atomic mass is 9.79. The first-order chi connectivity index (χ1) is 9.74. The lowest BCUT2D eigenvalue weighted by Gasteiger charge is -2.36. The molecule has 1 heterocycles. The predicted molar refractivity (Wildman–Crippen MR) is 84.8 cm³/mol. The largest absolute Gasteiger partial charge is 0.396 e. The van der Waals surface area contributed by atoms with Crippen molar-refractivity contribution in [3.05, 3.63) is 0 Å². The van der Waals surface area contributed by atoms with Crippen LogP contribution in [0.15, 0.2) is 0 Å². The predicted octanol–water partition coefficient (Wildman–Crippen LogP) is 2.50. The van der Waals surface area contributed by atoms with E-state index in [1.807, 2.05) is 0 Å². The molecule has 1 saturated carbocycles. The highest BCUT2D eigenvalue weighted by atomic mass is 16.3. The Kier molecular flexibility index (Phi) is 6.79. The van der Waals surface area contributed by atoms with Gasteiger partial charge < -0.3 is 15.3 Å². The number of hydrogen-bond donors (Lipinski definition) is 2. The van der Waals surface area contributed by atoms with E-state index in [4.69, 9.17) is 0 Å². The first-order valence-corrected chi connectivity index (χ1v) is 8.81. The summed E-state index contributed by atoms with van der Waals surface area (Å²) >= 11 is 0.